The van der Waals surface area contributed by atoms with Gasteiger partial charge in [-0.2, -0.15) is 0 Å². The molecule has 4 nitrogen and oxygen atoms in total. The minimum Gasteiger partial charge on any atom is -0.507 e. The first-order chi connectivity index (χ1) is 11.9. The van der Waals surface area contributed by atoms with Gasteiger partial charge in [-0.3, -0.25) is 0 Å². The molecule has 0 saturated heterocycles. The van der Waals surface area contributed by atoms with Crippen LogP contribution in [0, 0.1) is 24.7 Å². The second-order valence-electron chi connectivity index (χ2n) is 8.17. The lowest BCUT2D eigenvalue weighted by Gasteiger charge is -2.29. The number of phenolic OH excluding ortho intramolecular Hbond substituents is 1. The summed E-state index contributed by atoms with van der Waals surface area (Å²) < 4.78 is 10.6. The van der Waals surface area contributed by atoms with Crippen LogP contribution in [-0.2, 0) is 25.1 Å². The Labute approximate surface area is 156 Å². The van der Waals surface area contributed by atoms with Gasteiger partial charge in [-0.15, -0.1) is 12.8 Å². The predicted octanol–water partition coefficient (Wildman–Crippen LogP) is 3.85. The largest absolute Gasteiger partial charge is 0.507 e. The highest BCUT2D eigenvalue weighted by molar-refractivity contribution is 5.77. The van der Waals surface area contributed by atoms with Crippen molar-refractivity contribution < 1.29 is 19.4 Å². The van der Waals surface area contributed by atoms with E-state index < -0.39 is 12.1 Å². The summed E-state index contributed by atoms with van der Waals surface area (Å²) in [4.78, 5) is 12.4. The number of terminal acetylenes is 2. The molecule has 0 saturated carbocycles. The van der Waals surface area contributed by atoms with Gasteiger partial charge in [-0.05, 0) is 39.7 Å². The number of aromatic hydroxyl groups is 1. The van der Waals surface area contributed by atoms with Crippen molar-refractivity contribution in [2.45, 2.75) is 58.5 Å². The van der Waals surface area contributed by atoms with Crippen molar-refractivity contribution in [2.24, 2.45) is 0 Å². The molecule has 0 aliphatic heterocycles. The molecule has 1 atom stereocenters. The zero-order valence-electron chi connectivity index (χ0n) is 16.5. The summed E-state index contributed by atoms with van der Waals surface area (Å²) in [7, 11) is 0. The maximum Gasteiger partial charge on any atom is 0.340 e. The number of carbonyl (C=O) groups is 1. The summed E-state index contributed by atoms with van der Waals surface area (Å²) in [5.74, 6) is 4.24. The van der Waals surface area contributed by atoms with Crippen molar-refractivity contribution >= 4 is 5.97 Å². The van der Waals surface area contributed by atoms with E-state index in [1.165, 1.54) is 0 Å². The molecule has 0 aromatic heterocycles. The molecule has 0 amide bonds. The number of carbonyl (C=O) groups excluding carboxylic acids is 1. The third-order valence-electron chi connectivity index (χ3n) is 3.90. The van der Waals surface area contributed by atoms with Crippen LogP contribution in [0.25, 0.3) is 0 Å². The van der Waals surface area contributed by atoms with Gasteiger partial charge in [0.25, 0.3) is 0 Å². The van der Waals surface area contributed by atoms with Crippen LogP contribution in [-0.4, -0.2) is 24.3 Å². The molecule has 0 radical (unpaired) electrons. The quantitative estimate of drug-likeness (QED) is 0.643. The zero-order valence-corrected chi connectivity index (χ0v) is 16.5. The molecular formula is C22H28O4. The van der Waals surface area contributed by atoms with E-state index in [2.05, 4.69) is 11.8 Å². The summed E-state index contributed by atoms with van der Waals surface area (Å²) in [6.07, 6.45) is 9.43. The van der Waals surface area contributed by atoms with Crippen molar-refractivity contribution in [3.8, 4) is 30.4 Å². The molecule has 140 valence electrons. The molecule has 0 heterocycles. The fourth-order valence-corrected chi connectivity index (χ4v) is 2.57. The van der Waals surface area contributed by atoms with Gasteiger partial charge >= 0.3 is 5.97 Å². The van der Waals surface area contributed by atoms with Crippen molar-refractivity contribution in [1.29, 1.82) is 0 Å². The van der Waals surface area contributed by atoms with Crippen LogP contribution in [0.15, 0.2) is 12.1 Å². The number of phenols is 1. The Morgan fingerprint density at radius 3 is 1.88 bits per heavy atom. The minimum atomic E-state index is -1.01. The fraction of sp³-hybridized carbons (Fsp3) is 0.500. The Morgan fingerprint density at radius 1 is 1.04 bits per heavy atom. The smallest absolute Gasteiger partial charge is 0.340 e. The first-order valence-corrected chi connectivity index (χ1v) is 8.46. The molecule has 0 aliphatic rings. The lowest BCUT2D eigenvalue weighted by Crippen LogP contribution is -2.23. The predicted molar refractivity (Wildman–Crippen MR) is 103 cm³/mol. The number of hydrogen-bond donors (Lipinski definition) is 1. The van der Waals surface area contributed by atoms with Crippen LogP contribution in [0.3, 0.4) is 0 Å². The normalized spacial score (nSPS) is 12.8. The van der Waals surface area contributed by atoms with Gasteiger partial charge in [-0.25, -0.2) is 4.79 Å². The number of hydrogen-bond acceptors (Lipinski definition) is 4. The van der Waals surface area contributed by atoms with E-state index in [-0.39, 0.29) is 29.8 Å². The molecule has 1 rings (SSSR count). The van der Waals surface area contributed by atoms with E-state index in [9.17, 15) is 9.90 Å². The third kappa shape index (κ3) is 5.28. The average Bonchev–Trinajstić information content (AvgIpc) is 2.51. The van der Waals surface area contributed by atoms with Gasteiger partial charge in [-0.1, -0.05) is 53.4 Å². The van der Waals surface area contributed by atoms with E-state index in [4.69, 9.17) is 22.3 Å². The lowest BCUT2D eigenvalue weighted by atomic mass is 9.78. The van der Waals surface area contributed by atoms with Crippen LogP contribution < -0.4 is 0 Å². The maximum atomic E-state index is 12.4. The number of benzene rings is 1. The minimum absolute atomic E-state index is 0.0492. The van der Waals surface area contributed by atoms with Gasteiger partial charge in [0.15, 0.2) is 12.7 Å². The summed E-state index contributed by atoms with van der Waals surface area (Å²) in [6, 6.07) is 3.53. The van der Waals surface area contributed by atoms with E-state index in [1.807, 2.05) is 41.5 Å². The zero-order chi connectivity index (χ0) is 20.1. The average molecular weight is 356 g/mol. The highest BCUT2D eigenvalue weighted by atomic mass is 16.6. The van der Waals surface area contributed by atoms with E-state index in [1.54, 1.807) is 12.1 Å². The molecule has 0 bridgehead atoms. The summed E-state index contributed by atoms with van der Waals surface area (Å²) in [5, 5.41) is 10.8. The molecule has 1 N–H and O–H groups in total. The second-order valence-corrected chi connectivity index (χ2v) is 8.17. The van der Waals surface area contributed by atoms with Crippen LogP contribution >= 0.6 is 0 Å². The van der Waals surface area contributed by atoms with Gasteiger partial charge in [0, 0.05) is 0 Å². The fourth-order valence-electron chi connectivity index (χ4n) is 2.57. The molecule has 1 unspecified atom stereocenters. The van der Waals surface area contributed by atoms with Crippen LogP contribution in [0.5, 0.6) is 5.75 Å². The van der Waals surface area contributed by atoms with Gasteiger partial charge in [0.1, 0.15) is 12.4 Å². The molecule has 0 fully saturated rings. The lowest BCUT2D eigenvalue weighted by molar-refractivity contribution is -0.155. The Balaban J connectivity index is 3.57. The van der Waals surface area contributed by atoms with Crippen molar-refractivity contribution in [1.82, 2.24) is 0 Å². The number of ether oxygens (including phenoxy) is 2. The van der Waals surface area contributed by atoms with E-state index in [0.29, 0.717) is 5.56 Å². The van der Waals surface area contributed by atoms with Crippen molar-refractivity contribution in [2.75, 3.05) is 13.2 Å². The first kappa shape index (κ1) is 21.6. The van der Waals surface area contributed by atoms with Crippen molar-refractivity contribution in [3.05, 3.63) is 28.8 Å². The molecular weight excluding hydrogens is 328 g/mol. The van der Waals surface area contributed by atoms with Gasteiger partial charge in [0.05, 0.1) is 0 Å². The third-order valence-corrected chi connectivity index (χ3v) is 3.90. The maximum absolute atomic E-state index is 12.4. The SMILES string of the molecule is C#CCOC(=O)C(OCC#C)c1cc(C(C)(C)C)c(O)c(C(C)(C)C)c1. The summed E-state index contributed by atoms with van der Waals surface area (Å²) in [6.45, 7) is 11.8. The van der Waals surface area contributed by atoms with Crippen LogP contribution in [0.1, 0.15) is 64.3 Å². The van der Waals surface area contributed by atoms with Crippen molar-refractivity contribution in [3.63, 3.8) is 0 Å². The molecule has 1 aromatic carbocycles. The topological polar surface area (TPSA) is 55.8 Å². The Bertz CT molecular complexity index is 698. The summed E-state index contributed by atoms with van der Waals surface area (Å²) >= 11 is 0. The highest BCUT2D eigenvalue weighted by Gasteiger charge is 2.31. The molecule has 4 heteroatoms. The first-order valence-electron chi connectivity index (χ1n) is 8.46. The van der Waals surface area contributed by atoms with E-state index in [0.717, 1.165) is 11.1 Å². The summed E-state index contributed by atoms with van der Waals surface area (Å²) in [5.41, 5.74) is 1.35. The van der Waals surface area contributed by atoms with Gasteiger partial charge < -0.3 is 14.6 Å². The molecule has 26 heavy (non-hydrogen) atoms. The van der Waals surface area contributed by atoms with Gasteiger partial charge in [0.2, 0.25) is 0 Å². The molecule has 0 aliphatic carbocycles. The second kappa shape index (κ2) is 8.30. The number of rotatable bonds is 5. The monoisotopic (exact) mass is 356 g/mol. The highest BCUT2D eigenvalue weighted by Crippen LogP contribution is 2.41. The molecule has 1 aromatic rings. The molecule has 0 spiro atoms. The number of esters is 1. The van der Waals surface area contributed by atoms with Crippen LogP contribution in [0.4, 0.5) is 0 Å². The van der Waals surface area contributed by atoms with Crippen LogP contribution in [0.2, 0.25) is 0 Å². The Kier molecular flexibility index (Phi) is 6.90. The Morgan fingerprint density at radius 2 is 1.50 bits per heavy atom. The standard InChI is InChI=1S/C22H28O4/c1-9-11-25-19(20(24)26-12-10-2)15-13-16(21(3,4)5)18(23)17(14-15)22(6,7)8/h1-2,13-14,19,23H,11-12H2,3-8H3. The van der Waals surface area contributed by atoms with E-state index >= 15 is 0 Å². The Hall–Kier alpha value is -2.43.